The molecule has 0 saturated heterocycles. The van der Waals surface area contributed by atoms with E-state index in [0.29, 0.717) is 12.8 Å². The Morgan fingerprint density at radius 2 is 1.51 bits per heavy atom. The predicted molar refractivity (Wildman–Crippen MR) is 132 cm³/mol. The lowest BCUT2D eigenvalue weighted by Crippen LogP contribution is -2.52. The summed E-state index contributed by atoms with van der Waals surface area (Å²) < 4.78 is 5.56. The fourth-order valence-corrected chi connectivity index (χ4v) is 4.09. The number of carbonyl (C=O) groups is 3. The van der Waals surface area contributed by atoms with Gasteiger partial charge in [-0.2, -0.15) is 0 Å². The maximum absolute atomic E-state index is 12.8. The van der Waals surface area contributed by atoms with Crippen molar-refractivity contribution in [3.05, 3.63) is 59.7 Å². The van der Waals surface area contributed by atoms with Crippen molar-refractivity contribution in [2.45, 2.75) is 58.1 Å². The summed E-state index contributed by atoms with van der Waals surface area (Å²) in [6, 6.07) is 15.1. The maximum Gasteiger partial charge on any atom is 0.407 e. The van der Waals surface area contributed by atoms with E-state index in [-0.39, 0.29) is 17.9 Å². The maximum atomic E-state index is 12.8. The molecule has 2 aromatic carbocycles. The van der Waals surface area contributed by atoms with Gasteiger partial charge in [-0.25, -0.2) is 9.59 Å². The number of alkyl carbamates (subject to hydrolysis) is 1. The predicted octanol–water partition coefficient (Wildman–Crippen LogP) is 3.67. The zero-order valence-corrected chi connectivity index (χ0v) is 20.6. The zero-order valence-electron chi connectivity index (χ0n) is 20.6. The van der Waals surface area contributed by atoms with Crippen LogP contribution in [0, 0.1) is 5.41 Å². The Morgan fingerprint density at radius 1 is 0.971 bits per heavy atom. The molecule has 0 radical (unpaired) electrons. The number of hydrogen-bond donors (Lipinski definition) is 4. The van der Waals surface area contributed by atoms with Crippen LogP contribution in [-0.2, 0) is 14.3 Å². The number of carboxylic acids is 1. The van der Waals surface area contributed by atoms with Crippen LogP contribution in [0.2, 0.25) is 0 Å². The van der Waals surface area contributed by atoms with E-state index in [0.717, 1.165) is 29.2 Å². The fraction of sp³-hybridized carbons (Fsp3) is 0.444. The van der Waals surface area contributed by atoms with Gasteiger partial charge >= 0.3 is 12.1 Å². The molecule has 0 spiro atoms. The van der Waals surface area contributed by atoms with Crippen LogP contribution < -0.4 is 10.6 Å². The third-order valence-electron chi connectivity index (χ3n) is 6.20. The van der Waals surface area contributed by atoms with Crippen LogP contribution in [0.15, 0.2) is 48.5 Å². The Morgan fingerprint density at radius 3 is 2.03 bits per heavy atom. The number of carboxylic acid groups (broad SMARTS) is 1. The van der Waals surface area contributed by atoms with Crippen LogP contribution in [0.3, 0.4) is 0 Å². The average Bonchev–Trinajstić information content (AvgIpc) is 3.12. The van der Waals surface area contributed by atoms with E-state index in [1.807, 2.05) is 69.3 Å². The van der Waals surface area contributed by atoms with Crippen molar-refractivity contribution < 1.29 is 29.3 Å². The molecule has 2 aromatic rings. The molecule has 1 aliphatic carbocycles. The number of benzene rings is 2. The highest BCUT2D eigenvalue weighted by Gasteiger charge is 2.33. The number of nitrogens with one attached hydrogen (secondary N) is 2. The minimum atomic E-state index is -2.12. The summed E-state index contributed by atoms with van der Waals surface area (Å²) in [4.78, 5) is 36.6. The van der Waals surface area contributed by atoms with Gasteiger partial charge in [0.2, 0.25) is 5.91 Å². The number of rotatable bonds is 9. The topological polar surface area (TPSA) is 125 Å². The van der Waals surface area contributed by atoms with Crippen molar-refractivity contribution in [2.24, 2.45) is 5.41 Å². The van der Waals surface area contributed by atoms with Crippen molar-refractivity contribution in [1.29, 1.82) is 0 Å². The molecule has 0 bridgehead atoms. The third-order valence-corrected chi connectivity index (χ3v) is 6.20. The Balaban J connectivity index is 1.66. The van der Waals surface area contributed by atoms with Crippen LogP contribution in [0.4, 0.5) is 4.79 Å². The van der Waals surface area contributed by atoms with Gasteiger partial charge in [0, 0.05) is 5.92 Å². The molecular formula is C27H34N2O6. The molecule has 8 heteroatoms. The lowest BCUT2D eigenvalue weighted by atomic mass is 9.88. The number of hydrogen-bond acceptors (Lipinski definition) is 5. The second-order valence-corrected chi connectivity index (χ2v) is 10.4. The van der Waals surface area contributed by atoms with Crippen molar-refractivity contribution in [3.63, 3.8) is 0 Å². The first-order valence-corrected chi connectivity index (χ1v) is 11.7. The van der Waals surface area contributed by atoms with Gasteiger partial charge in [-0.1, -0.05) is 69.3 Å². The van der Waals surface area contributed by atoms with Gasteiger partial charge < -0.3 is 25.6 Å². The summed E-state index contributed by atoms with van der Waals surface area (Å²) in [5.41, 5.74) is 2.19. The first kappa shape index (κ1) is 26.2. The summed E-state index contributed by atoms with van der Waals surface area (Å²) in [7, 11) is 0. The minimum absolute atomic E-state index is 0.0893. The number of aliphatic hydroxyl groups is 1. The van der Waals surface area contributed by atoms with E-state index in [1.165, 1.54) is 0 Å². The Labute approximate surface area is 205 Å². The van der Waals surface area contributed by atoms with Crippen molar-refractivity contribution in [3.8, 4) is 11.1 Å². The molecule has 35 heavy (non-hydrogen) atoms. The standard InChI is InChI=1S/C27H34N2O6/c1-26(2,3)14-13-22(23(30)28-16-27(4,34)24(31)32)29-25(33)35-15-21-19-11-7-5-9-17(19)18-10-6-8-12-20(18)21/h5-12,21-22,34H,13-16H2,1-4H3,(H,28,30)(H,29,33)(H,31,32). The summed E-state index contributed by atoms with van der Waals surface area (Å²) in [6.07, 6.45) is 0.227. The van der Waals surface area contributed by atoms with Crippen LogP contribution >= 0.6 is 0 Å². The quantitative estimate of drug-likeness (QED) is 0.432. The van der Waals surface area contributed by atoms with Gasteiger partial charge in [0.25, 0.3) is 0 Å². The average molecular weight is 483 g/mol. The highest BCUT2D eigenvalue weighted by molar-refractivity contribution is 5.86. The van der Waals surface area contributed by atoms with Crippen molar-refractivity contribution >= 4 is 18.0 Å². The molecule has 0 heterocycles. The number of ether oxygens (including phenoxy) is 1. The van der Waals surface area contributed by atoms with Gasteiger partial charge in [0.15, 0.2) is 5.60 Å². The Kier molecular flexibility index (Phi) is 7.85. The number of amides is 2. The molecule has 2 atom stereocenters. The normalized spacial score (nSPS) is 15.3. The lowest BCUT2D eigenvalue weighted by molar-refractivity contribution is -0.156. The molecule has 2 amide bonds. The van der Waals surface area contributed by atoms with Gasteiger partial charge in [-0.15, -0.1) is 0 Å². The third kappa shape index (κ3) is 6.60. The lowest BCUT2D eigenvalue weighted by Gasteiger charge is -2.25. The molecule has 4 N–H and O–H groups in total. The molecule has 0 fully saturated rings. The van der Waals surface area contributed by atoms with E-state index in [2.05, 4.69) is 10.6 Å². The van der Waals surface area contributed by atoms with Crippen LogP contribution in [0.1, 0.15) is 57.6 Å². The minimum Gasteiger partial charge on any atom is -0.479 e. The highest BCUT2D eigenvalue weighted by Crippen LogP contribution is 2.44. The Hall–Kier alpha value is -3.39. The largest absolute Gasteiger partial charge is 0.479 e. The zero-order chi connectivity index (χ0) is 25.8. The van der Waals surface area contributed by atoms with Crippen LogP contribution in [0.25, 0.3) is 11.1 Å². The summed E-state index contributed by atoms with van der Waals surface area (Å²) >= 11 is 0. The smallest absolute Gasteiger partial charge is 0.407 e. The second kappa shape index (κ2) is 10.5. The molecule has 8 nitrogen and oxygen atoms in total. The van der Waals surface area contributed by atoms with E-state index < -0.39 is 36.2 Å². The van der Waals surface area contributed by atoms with E-state index >= 15 is 0 Å². The molecular weight excluding hydrogens is 448 g/mol. The summed E-state index contributed by atoms with van der Waals surface area (Å²) in [6.45, 7) is 6.78. The Bertz CT molecular complexity index is 1040. The first-order valence-electron chi connectivity index (χ1n) is 11.7. The van der Waals surface area contributed by atoms with Crippen LogP contribution in [-0.4, -0.2) is 53.0 Å². The monoisotopic (exact) mass is 482 g/mol. The number of fused-ring (bicyclic) bond motifs is 3. The summed E-state index contributed by atoms with van der Waals surface area (Å²) in [5, 5.41) is 24.0. The summed E-state index contributed by atoms with van der Waals surface area (Å²) in [5.74, 6) is -2.14. The molecule has 0 saturated carbocycles. The molecule has 3 rings (SSSR count). The van der Waals surface area contributed by atoms with E-state index in [1.54, 1.807) is 0 Å². The van der Waals surface area contributed by atoms with Gasteiger partial charge in [-0.05, 0) is 47.4 Å². The van der Waals surface area contributed by atoms with E-state index in [4.69, 9.17) is 9.84 Å². The number of aliphatic carboxylic acids is 1. The molecule has 0 aliphatic heterocycles. The molecule has 1 aliphatic rings. The molecule has 188 valence electrons. The highest BCUT2D eigenvalue weighted by atomic mass is 16.5. The van der Waals surface area contributed by atoms with Gasteiger partial charge in [0.05, 0.1) is 6.54 Å². The fourth-order valence-electron chi connectivity index (χ4n) is 4.09. The first-order chi connectivity index (χ1) is 16.4. The SMILES string of the molecule is CC(C)(C)CCC(NC(=O)OCC1c2ccccc2-c2ccccc21)C(=O)NCC(C)(O)C(=O)O. The van der Waals surface area contributed by atoms with Crippen molar-refractivity contribution in [2.75, 3.05) is 13.2 Å². The van der Waals surface area contributed by atoms with Gasteiger partial charge in [0.1, 0.15) is 12.6 Å². The van der Waals surface area contributed by atoms with E-state index in [9.17, 15) is 19.5 Å². The van der Waals surface area contributed by atoms with Gasteiger partial charge in [-0.3, -0.25) is 4.79 Å². The molecule has 2 unspecified atom stereocenters. The van der Waals surface area contributed by atoms with Crippen LogP contribution in [0.5, 0.6) is 0 Å². The number of carbonyl (C=O) groups excluding carboxylic acids is 2. The van der Waals surface area contributed by atoms with Crippen molar-refractivity contribution in [1.82, 2.24) is 10.6 Å². The molecule has 0 aromatic heterocycles. The second-order valence-electron chi connectivity index (χ2n) is 10.4.